The largest absolute Gasteiger partial charge is 0.506 e. The van der Waals surface area contributed by atoms with Crippen LogP contribution in [0.1, 0.15) is 49.9 Å². The number of aliphatic hydroxyl groups is 1. The van der Waals surface area contributed by atoms with Gasteiger partial charge in [-0.25, -0.2) is 9.50 Å². The monoisotopic (exact) mass is 382 g/mol. The first kappa shape index (κ1) is 18.5. The van der Waals surface area contributed by atoms with E-state index in [1.165, 1.54) is 7.11 Å². The Bertz CT molecular complexity index is 937. The number of hydrogen-bond acceptors (Lipinski definition) is 6. The van der Waals surface area contributed by atoms with Crippen molar-refractivity contribution < 1.29 is 14.6 Å². The highest BCUT2D eigenvalue weighted by Crippen LogP contribution is 2.57. The minimum Gasteiger partial charge on any atom is -0.506 e. The number of nitrogens with zero attached hydrogens (tertiary/aromatic N) is 3. The van der Waals surface area contributed by atoms with Crippen LogP contribution in [-0.2, 0) is 9.53 Å². The van der Waals surface area contributed by atoms with Gasteiger partial charge in [-0.15, -0.1) is 0 Å². The Balaban J connectivity index is 1.49. The van der Waals surface area contributed by atoms with Crippen molar-refractivity contribution in [3.05, 3.63) is 42.9 Å². The van der Waals surface area contributed by atoms with Gasteiger partial charge in [-0.3, -0.25) is 4.79 Å². The first-order chi connectivity index (χ1) is 13.4. The molecule has 2 bridgehead atoms. The summed E-state index contributed by atoms with van der Waals surface area (Å²) in [5, 5.41) is 17.5. The summed E-state index contributed by atoms with van der Waals surface area (Å²) >= 11 is 0. The molecule has 2 N–H and O–H groups in total. The lowest BCUT2D eigenvalue weighted by Gasteiger charge is -2.52. The fourth-order valence-corrected chi connectivity index (χ4v) is 4.71. The van der Waals surface area contributed by atoms with E-state index in [1.807, 2.05) is 0 Å². The van der Waals surface area contributed by atoms with E-state index in [0.29, 0.717) is 11.3 Å². The van der Waals surface area contributed by atoms with Crippen molar-refractivity contribution in [2.45, 2.75) is 38.5 Å². The third kappa shape index (κ3) is 2.95. The van der Waals surface area contributed by atoms with Gasteiger partial charge in [-0.2, -0.15) is 5.10 Å². The SMILES string of the molecule is C=C(O)c1cc(C(=C)NCC23CCC(C(=O)OC)(CC2)CC3)n2nccc2n1. The molecule has 148 valence electrons. The van der Waals surface area contributed by atoms with Gasteiger partial charge < -0.3 is 15.2 Å². The van der Waals surface area contributed by atoms with Crippen LogP contribution in [0.3, 0.4) is 0 Å². The van der Waals surface area contributed by atoms with E-state index in [0.717, 1.165) is 56.5 Å². The molecule has 0 aromatic carbocycles. The Labute approximate surface area is 164 Å². The molecule has 0 unspecified atom stereocenters. The summed E-state index contributed by atoms with van der Waals surface area (Å²) in [5.41, 5.74) is 2.41. The first-order valence-electron chi connectivity index (χ1n) is 9.63. The zero-order valence-corrected chi connectivity index (χ0v) is 16.2. The second-order valence-corrected chi connectivity index (χ2v) is 8.18. The third-order valence-electron chi connectivity index (χ3n) is 6.66. The predicted molar refractivity (Wildman–Crippen MR) is 106 cm³/mol. The van der Waals surface area contributed by atoms with E-state index in [2.05, 4.69) is 28.6 Å². The molecule has 0 saturated heterocycles. The van der Waals surface area contributed by atoms with Gasteiger partial charge in [0.1, 0.15) is 11.5 Å². The van der Waals surface area contributed by atoms with Gasteiger partial charge in [0, 0.05) is 12.6 Å². The molecule has 0 aliphatic heterocycles. The Kier molecular flexibility index (Phi) is 4.40. The smallest absolute Gasteiger partial charge is 0.311 e. The van der Waals surface area contributed by atoms with Crippen LogP contribution in [0.5, 0.6) is 0 Å². The minimum absolute atomic E-state index is 0.0483. The number of aromatic nitrogens is 3. The number of ether oxygens (including phenoxy) is 1. The fraction of sp³-hybridized carbons (Fsp3) is 0.476. The Morgan fingerprint density at radius 1 is 1.29 bits per heavy atom. The van der Waals surface area contributed by atoms with E-state index in [-0.39, 0.29) is 22.6 Å². The van der Waals surface area contributed by atoms with E-state index in [4.69, 9.17) is 4.74 Å². The number of esters is 1. The van der Waals surface area contributed by atoms with Crippen molar-refractivity contribution in [1.29, 1.82) is 0 Å². The van der Waals surface area contributed by atoms with Gasteiger partial charge in [-0.05, 0) is 50.0 Å². The summed E-state index contributed by atoms with van der Waals surface area (Å²) in [6.45, 7) is 8.55. The molecule has 3 fully saturated rings. The second-order valence-electron chi connectivity index (χ2n) is 8.18. The topological polar surface area (TPSA) is 88.8 Å². The second kappa shape index (κ2) is 6.65. The number of fused-ring (bicyclic) bond motifs is 4. The molecule has 7 heteroatoms. The van der Waals surface area contributed by atoms with Gasteiger partial charge in [0.15, 0.2) is 5.65 Å². The molecule has 0 amide bonds. The highest BCUT2D eigenvalue weighted by atomic mass is 16.5. The zero-order valence-electron chi connectivity index (χ0n) is 16.2. The third-order valence-corrected chi connectivity index (χ3v) is 6.66. The summed E-state index contributed by atoms with van der Waals surface area (Å²) in [6, 6.07) is 3.51. The van der Waals surface area contributed by atoms with Crippen LogP contribution in [0.2, 0.25) is 0 Å². The maximum absolute atomic E-state index is 12.2. The molecule has 2 heterocycles. The van der Waals surface area contributed by atoms with Crippen molar-refractivity contribution in [1.82, 2.24) is 19.9 Å². The maximum Gasteiger partial charge on any atom is 0.311 e. The van der Waals surface area contributed by atoms with Gasteiger partial charge in [-0.1, -0.05) is 13.2 Å². The summed E-state index contributed by atoms with van der Waals surface area (Å²) in [5.74, 6) is -0.136. The molecule has 2 aromatic rings. The van der Waals surface area contributed by atoms with Crippen molar-refractivity contribution in [2.24, 2.45) is 10.8 Å². The quantitative estimate of drug-likeness (QED) is 0.588. The highest BCUT2D eigenvalue weighted by Gasteiger charge is 2.52. The van der Waals surface area contributed by atoms with Crippen LogP contribution < -0.4 is 5.32 Å². The van der Waals surface area contributed by atoms with Crippen molar-refractivity contribution in [3.63, 3.8) is 0 Å². The number of aliphatic hydroxyl groups excluding tert-OH is 1. The maximum atomic E-state index is 12.2. The molecule has 2 aromatic heterocycles. The van der Waals surface area contributed by atoms with E-state index in [9.17, 15) is 9.90 Å². The normalized spacial score (nSPS) is 26.2. The molecule has 5 rings (SSSR count). The molecule has 0 atom stereocenters. The fourth-order valence-electron chi connectivity index (χ4n) is 4.71. The molecule has 0 spiro atoms. The summed E-state index contributed by atoms with van der Waals surface area (Å²) in [4.78, 5) is 16.5. The summed E-state index contributed by atoms with van der Waals surface area (Å²) in [6.07, 6.45) is 7.36. The van der Waals surface area contributed by atoms with Crippen LogP contribution in [0, 0.1) is 10.8 Å². The number of hydrogen-bond donors (Lipinski definition) is 2. The van der Waals surface area contributed by atoms with E-state index >= 15 is 0 Å². The molecule has 28 heavy (non-hydrogen) atoms. The Hall–Kier alpha value is -2.83. The molecule has 3 saturated carbocycles. The van der Waals surface area contributed by atoms with Crippen molar-refractivity contribution >= 4 is 23.1 Å². The van der Waals surface area contributed by atoms with Gasteiger partial charge in [0.2, 0.25) is 0 Å². The van der Waals surface area contributed by atoms with Crippen LogP contribution in [-0.4, -0.2) is 39.3 Å². The van der Waals surface area contributed by atoms with Crippen LogP contribution in [0.15, 0.2) is 31.5 Å². The van der Waals surface area contributed by atoms with Crippen LogP contribution in [0.25, 0.3) is 17.1 Å². The van der Waals surface area contributed by atoms with Crippen LogP contribution in [0.4, 0.5) is 0 Å². The Morgan fingerprint density at radius 3 is 2.57 bits per heavy atom. The van der Waals surface area contributed by atoms with Crippen molar-refractivity contribution in [2.75, 3.05) is 13.7 Å². The van der Waals surface area contributed by atoms with E-state index in [1.54, 1.807) is 22.8 Å². The lowest BCUT2D eigenvalue weighted by Crippen LogP contribution is -2.49. The van der Waals surface area contributed by atoms with Gasteiger partial charge in [0.05, 0.1) is 30.1 Å². The lowest BCUT2D eigenvalue weighted by atomic mass is 9.53. The van der Waals surface area contributed by atoms with Gasteiger partial charge >= 0.3 is 5.97 Å². The lowest BCUT2D eigenvalue weighted by molar-refractivity contribution is -0.162. The number of rotatable bonds is 6. The number of carbonyl (C=O) groups is 1. The number of nitrogens with one attached hydrogen (secondary N) is 1. The van der Waals surface area contributed by atoms with Crippen LogP contribution >= 0.6 is 0 Å². The number of carbonyl (C=O) groups excluding carboxylic acids is 1. The van der Waals surface area contributed by atoms with Gasteiger partial charge in [0.25, 0.3) is 0 Å². The average molecular weight is 382 g/mol. The summed E-state index contributed by atoms with van der Waals surface area (Å²) < 4.78 is 6.75. The molecule has 7 nitrogen and oxygen atoms in total. The van der Waals surface area contributed by atoms with Crippen molar-refractivity contribution in [3.8, 4) is 0 Å². The highest BCUT2D eigenvalue weighted by molar-refractivity contribution is 5.77. The minimum atomic E-state index is -0.268. The predicted octanol–water partition coefficient (Wildman–Crippen LogP) is 3.33. The Morgan fingerprint density at radius 2 is 1.96 bits per heavy atom. The molecule has 3 aliphatic carbocycles. The zero-order chi connectivity index (χ0) is 19.9. The van der Waals surface area contributed by atoms with E-state index < -0.39 is 0 Å². The first-order valence-corrected chi connectivity index (χ1v) is 9.63. The molecule has 3 aliphatic rings. The standard InChI is InChI=1S/C21H26N4O3/c1-14(17-12-16(15(2)26)24-18-4-11-23-25(17)18)22-13-20-5-8-21(9-6-20,10-7-20)19(27)28-3/h4,11-12,22,26H,1-2,5-10,13H2,3H3. The number of methoxy groups -OCH3 is 1. The average Bonchev–Trinajstić information content (AvgIpc) is 3.20. The summed E-state index contributed by atoms with van der Waals surface area (Å²) in [7, 11) is 1.49. The molecular formula is C21H26N4O3. The molecular weight excluding hydrogens is 356 g/mol. The molecule has 0 radical (unpaired) electrons.